The van der Waals surface area contributed by atoms with Crippen LogP contribution >= 0.6 is 0 Å². The summed E-state index contributed by atoms with van der Waals surface area (Å²) in [4.78, 5) is 14.7. The molecule has 0 aromatic heterocycles. The molecule has 2 fully saturated rings. The number of ether oxygens (including phenoxy) is 2. The molecule has 27 heavy (non-hydrogen) atoms. The molecule has 1 aromatic rings. The second-order valence-electron chi connectivity index (χ2n) is 8.24. The lowest BCUT2D eigenvalue weighted by molar-refractivity contribution is -0.122. The minimum Gasteiger partial charge on any atom is -0.497 e. The first-order chi connectivity index (χ1) is 13.0. The van der Waals surface area contributed by atoms with E-state index in [4.69, 9.17) is 9.47 Å². The molecule has 1 N–H and O–H groups in total. The van der Waals surface area contributed by atoms with Crippen LogP contribution in [0.15, 0.2) is 24.3 Å². The summed E-state index contributed by atoms with van der Waals surface area (Å²) in [7, 11) is 1.66. The van der Waals surface area contributed by atoms with E-state index < -0.39 is 0 Å². The summed E-state index contributed by atoms with van der Waals surface area (Å²) in [5.74, 6) is 0.944. The number of piperidine rings is 1. The van der Waals surface area contributed by atoms with E-state index in [-0.39, 0.29) is 17.6 Å². The quantitative estimate of drug-likeness (QED) is 0.796. The molecule has 3 rings (SSSR count). The van der Waals surface area contributed by atoms with Gasteiger partial charge in [-0.2, -0.15) is 0 Å². The second kappa shape index (κ2) is 9.07. The van der Waals surface area contributed by atoms with Crippen molar-refractivity contribution in [3.05, 3.63) is 29.8 Å². The fourth-order valence-corrected chi connectivity index (χ4v) is 4.22. The molecule has 5 heteroatoms. The summed E-state index contributed by atoms with van der Waals surface area (Å²) in [6, 6.07) is 8.51. The number of aryl methyl sites for hydroxylation is 1. The second-order valence-corrected chi connectivity index (χ2v) is 8.24. The van der Waals surface area contributed by atoms with Crippen molar-refractivity contribution in [1.29, 1.82) is 0 Å². The van der Waals surface area contributed by atoms with Crippen LogP contribution in [0.5, 0.6) is 5.75 Å². The highest BCUT2D eigenvalue weighted by atomic mass is 16.5. The van der Waals surface area contributed by atoms with Crippen LogP contribution < -0.4 is 10.1 Å². The average molecular weight is 375 g/mol. The molecule has 2 saturated heterocycles. The van der Waals surface area contributed by atoms with E-state index in [9.17, 15) is 4.79 Å². The molecule has 0 saturated carbocycles. The number of nitrogens with zero attached hydrogens (tertiary/aromatic N) is 1. The normalized spacial score (nSPS) is 22.3. The number of benzene rings is 1. The van der Waals surface area contributed by atoms with Crippen LogP contribution in [0.2, 0.25) is 0 Å². The standard InChI is InChI=1S/C22H34N2O3/c1-17(2)24-14-12-22(13-15-24)11-10-20(27-22)16-23-21(25)9-6-18-4-7-19(26-3)8-5-18/h4-5,7-8,17,20H,6,9-16H2,1-3H3,(H,23,25)/t20-/m1/s1. The fraction of sp³-hybridized carbons (Fsp3) is 0.682. The molecule has 1 spiro atoms. The molecule has 1 atom stereocenters. The highest BCUT2D eigenvalue weighted by Gasteiger charge is 2.42. The third-order valence-corrected chi connectivity index (χ3v) is 6.10. The average Bonchev–Trinajstić information content (AvgIpc) is 3.08. The third kappa shape index (κ3) is 5.45. The summed E-state index contributed by atoms with van der Waals surface area (Å²) < 4.78 is 11.6. The number of nitrogens with one attached hydrogen (secondary N) is 1. The maximum absolute atomic E-state index is 12.2. The van der Waals surface area contributed by atoms with Gasteiger partial charge in [-0.15, -0.1) is 0 Å². The van der Waals surface area contributed by atoms with Gasteiger partial charge in [0.1, 0.15) is 5.75 Å². The summed E-state index contributed by atoms with van der Waals surface area (Å²) in [6.45, 7) is 7.41. The van der Waals surface area contributed by atoms with Crippen molar-refractivity contribution in [2.45, 2.75) is 70.1 Å². The maximum atomic E-state index is 12.2. The molecular formula is C22H34N2O3. The molecule has 0 aliphatic carbocycles. The lowest BCUT2D eigenvalue weighted by Gasteiger charge is -2.40. The number of hydrogen-bond donors (Lipinski definition) is 1. The molecular weight excluding hydrogens is 340 g/mol. The van der Waals surface area contributed by atoms with Gasteiger partial charge < -0.3 is 19.7 Å². The molecule has 1 amide bonds. The Morgan fingerprint density at radius 3 is 2.59 bits per heavy atom. The zero-order valence-electron chi connectivity index (χ0n) is 17.0. The number of hydrogen-bond acceptors (Lipinski definition) is 4. The highest BCUT2D eigenvalue weighted by molar-refractivity contribution is 5.76. The van der Waals surface area contributed by atoms with Crippen molar-refractivity contribution in [2.24, 2.45) is 0 Å². The van der Waals surface area contributed by atoms with E-state index in [0.29, 0.717) is 19.0 Å². The Morgan fingerprint density at radius 1 is 1.26 bits per heavy atom. The smallest absolute Gasteiger partial charge is 0.220 e. The summed E-state index contributed by atoms with van der Waals surface area (Å²) >= 11 is 0. The Labute approximate surface area is 163 Å². The van der Waals surface area contributed by atoms with Gasteiger partial charge in [0, 0.05) is 32.1 Å². The van der Waals surface area contributed by atoms with Gasteiger partial charge in [-0.05, 0) is 63.6 Å². The third-order valence-electron chi connectivity index (χ3n) is 6.10. The minimum atomic E-state index is 0.0594. The summed E-state index contributed by atoms with van der Waals surface area (Å²) in [5.41, 5.74) is 1.21. The van der Waals surface area contributed by atoms with Gasteiger partial charge in [0.25, 0.3) is 0 Å². The molecule has 150 valence electrons. The Morgan fingerprint density at radius 2 is 1.96 bits per heavy atom. The molecule has 0 unspecified atom stereocenters. The van der Waals surface area contributed by atoms with Crippen molar-refractivity contribution in [3.8, 4) is 5.75 Å². The molecule has 2 heterocycles. The largest absolute Gasteiger partial charge is 0.497 e. The molecule has 1 aromatic carbocycles. The summed E-state index contributed by atoms with van der Waals surface area (Å²) in [5, 5.41) is 3.07. The first-order valence-corrected chi connectivity index (χ1v) is 10.3. The monoisotopic (exact) mass is 374 g/mol. The predicted molar refractivity (Wildman–Crippen MR) is 107 cm³/mol. The van der Waals surface area contributed by atoms with Crippen LogP contribution in [0, 0.1) is 0 Å². The SMILES string of the molecule is COc1ccc(CCC(=O)NC[C@H]2CCC3(CCN(C(C)C)CC3)O2)cc1. The number of amides is 1. The maximum Gasteiger partial charge on any atom is 0.220 e. The van der Waals surface area contributed by atoms with Gasteiger partial charge in [-0.25, -0.2) is 0 Å². The van der Waals surface area contributed by atoms with Gasteiger partial charge in [-0.1, -0.05) is 12.1 Å². The van der Waals surface area contributed by atoms with Crippen LogP contribution in [0.4, 0.5) is 0 Å². The van der Waals surface area contributed by atoms with Crippen molar-refractivity contribution in [1.82, 2.24) is 10.2 Å². The van der Waals surface area contributed by atoms with Crippen LogP contribution in [0.3, 0.4) is 0 Å². The fourth-order valence-electron chi connectivity index (χ4n) is 4.22. The van der Waals surface area contributed by atoms with Crippen LogP contribution in [0.1, 0.15) is 51.5 Å². The molecule has 2 aliphatic rings. The van der Waals surface area contributed by atoms with Crippen molar-refractivity contribution in [2.75, 3.05) is 26.7 Å². The lowest BCUT2D eigenvalue weighted by atomic mass is 9.88. The van der Waals surface area contributed by atoms with E-state index in [1.54, 1.807) is 7.11 Å². The van der Waals surface area contributed by atoms with E-state index in [2.05, 4.69) is 24.1 Å². The van der Waals surface area contributed by atoms with Crippen LogP contribution in [-0.2, 0) is 16.0 Å². The molecule has 5 nitrogen and oxygen atoms in total. The first-order valence-electron chi connectivity index (χ1n) is 10.3. The number of carbonyl (C=O) groups is 1. The lowest BCUT2D eigenvalue weighted by Crippen LogP contribution is -2.47. The number of rotatable bonds is 7. The van der Waals surface area contributed by atoms with Gasteiger partial charge in [0.15, 0.2) is 0 Å². The highest BCUT2D eigenvalue weighted by Crippen LogP contribution is 2.39. The van der Waals surface area contributed by atoms with Crippen molar-refractivity contribution < 1.29 is 14.3 Å². The Balaban J connectivity index is 1.36. The first kappa shape index (κ1) is 20.2. The van der Waals surface area contributed by atoms with Crippen LogP contribution in [0.25, 0.3) is 0 Å². The number of likely N-dealkylation sites (tertiary alicyclic amines) is 1. The zero-order valence-corrected chi connectivity index (χ0v) is 17.0. The van der Waals surface area contributed by atoms with E-state index in [0.717, 1.165) is 56.5 Å². The molecule has 0 radical (unpaired) electrons. The minimum absolute atomic E-state index is 0.0594. The number of methoxy groups -OCH3 is 1. The topological polar surface area (TPSA) is 50.8 Å². The Hall–Kier alpha value is -1.59. The predicted octanol–water partition coefficient (Wildman–Crippen LogP) is 3.17. The zero-order chi connectivity index (χ0) is 19.3. The van der Waals surface area contributed by atoms with Gasteiger partial charge in [-0.3, -0.25) is 4.79 Å². The summed E-state index contributed by atoms with van der Waals surface area (Å²) in [6.07, 6.45) is 5.84. The van der Waals surface area contributed by atoms with Gasteiger partial charge in [0.2, 0.25) is 5.91 Å². The molecule has 2 aliphatic heterocycles. The van der Waals surface area contributed by atoms with E-state index >= 15 is 0 Å². The van der Waals surface area contributed by atoms with Crippen molar-refractivity contribution >= 4 is 5.91 Å². The van der Waals surface area contributed by atoms with Gasteiger partial charge >= 0.3 is 0 Å². The van der Waals surface area contributed by atoms with Crippen molar-refractivity contribution in [3.63, 3.8) is 0 Å². The van der Waals surface area contributed by atoms with E-state index in [1.807, 2.05) is 24.3 Å². The molecule has 0 bridgehead atoms. The Kier molecular flexibility index (Phi) is 6.77. The Bertz CT molecular complexity index is 606. The van der Waals surface area contributed by atoms with Gasteiger partial charge in [0.05, 0.1) is 18.8 Å². The van der Waals surface area contributed by atoms with E-state index in [1.165, 1.54) is 0 Å². The van der Waals surface area contributed by atoms with Crippen LogP contribution in [-0.4, -0.2) is 55.3 Å². The number of carbonyl (C=O) groups excluding carboxylic acids is 1.